The van der Waals surface area contributed by atoms with E-state index in [0.717, 1.165) is 29.8 Å². The summed E-state index contributed by atoms with van der Waals surface area (Å²) in [4.78, 5) is 25.6. The molecule has 2 aromatic rings. The van der Waals surface area contributed by atoms with E-state index in [1.54, 1.807) is 23.1 Å². The van der Waals surface area contributed by atoms with E-state index in [4.69, 9.17) is 5.26 Å². The Morgan fingerprint density at radius 3 is 2.64 bits per heavy atom. The maximum Gasteiger partial charge on any atom is 0.227 e. The first kappa shape index (κ1) is 16.7. The molecule has 2 amide bonds. The van der Waals surface area contributed by atoms with Gasteiger partial charge in [-0.2, -0.15) is 5.26 Å². The number of rotatable bonds is 5. The van der Waals surface area contributed by atoms with Gasteiger partial charge in [-0.25, -0.2) is 0 Å². The minimum Gasteiger partial charge on any atom is -0.352 e. The van der Waals surface area contributed by atoms with Crippen LogP contribution in [0, 0.1) is 11.3 Å². The lowest BCUT2D eigenvalue weighted by atomic mass is 10.1. The second-order valence-electron chi connectivity index (χ2n) is 6.08. The first-order valence-electron chi connectivity index (χ1n) is 8.31. The third kappa shape index (κ3) is 4.24. The third-order valence-electron chi connectivity index (χ3n) is 4.23. The number of anilines is 1. The van der Waals surface area contributed by atoms with E-state index in [1.807, 2.05) is 30.3 Å². The van der Waals surface area contributed by atoms with Crippen LogP contribution in [-0.4, -0.2) is 18.4 Å². The predicted octanol–water partition coefficient (Wildman–Crippen LogP) is 2.54. The quantitative estimate of drug-likeness (QED) is 0.914. The molecule has 0 aliphatic carbocycles. The number of hydrogen-bond donors (Lipinski definition) is 1. The summed E-state index contributed by atoms with van der Waals surface area (Å²) < 4.78 is 0. The van der Waals surface area contributed by atoms with E-state index in [0.29, 0.717) is 18.5 Å². The summed E-state index contributed by atoms with van der Waals surface area (Å²) in [7, 11) is 0. The zero-order valence-corrected chi connectivity index (χ0v) is 13.9. The molecule has 1 aliphatic rings. The van der Waals surface area contributed by atoms with Crippen LogP contribution in [0.4, 0.5) is 5.69 Å². The van der Waals surface area contributed by atoms with Crippen molar-refractivity contribution in [3.8, 4) is 6.07 Å². The van der Waals surface area contributed by atoms with E-state index in [1.165, 1.54) is 0 Å². The summed E-state index contributed by atoms with van der Waals surface area (Å²) in [5.74, 6) is 0.0810. The molecule has 2 aromatic carbocycles. The van der Waals surface area contributed by atoms with Gasteiger partial charge in [-0.1, -0.05) is 24.3 Å². The van der Waals surface area contributed by atoms with Crippen LogP contribution in [0.15, 0.2) is 48.5 Å². The molecule has 126 valence electrons. The largest absolute Gasteiger partial charge is 0.352 e. The molecule has 1 N–H and O–H groups in total. The van der Waals surface area contributed by atoms with Crippen molar-refractivity contribution >= 4 is 17.5 Å². The standard InChI is InChI=1S/C20H19N3O2/c21-13-16-3-1-4-17(11-16)14-22-19(24)12-15-6-8-18(9-7-15)23-10-2-5-20(23)25/h1,3-4,6-9,11H,2,5,10,12,14H2,(H,22,24). The lowest BCUT2D eigenvalue weighted by molar-refractivity contribution is -0.120. The van der Waals surface area contributed by atoms with Gasteiger partial charge < -0.3 is 10.2 Å². The van der Waals surface area contributed by atoms with E-state index < -0.39 is 0 Å². The van der Waals surface area contributed by atoms with Crippen molar-refractivity contribution < 1.29 is 9.59 Å². The smallest absolute Gasteiger partial charge is 0.227 e. The Bertz CT molecular complexity index is 822. The van der Waals surface area contributed by atoms with Crippen LogP contribution >= 0.6 is 0 Å². The minimum absolute atomic E-state index is 0.0765. The summed E-state index contributed by atoms with van der Waals surface area (Å²) in [6.45, 7) is 1.16. The molecule has 0 radical (unpaired) electrons. The Hall–Kier alpha value is -3.13. The fourth-order valence-corrected chi connectivity index (χ4v) is 2.91. The highest BCUT2D eigenvalue weighted by molar-refractivity contribution is 5.95. The van der Waals surface area contributed by atoms with Crippen LogP contribution in [-0.2, 0) is 22.6 Å². The van der Waals surface area contributed by atoms with Gasteiger partial charge in [0.1, 0.15) is 0 Å². The van der Waals surface area contributed by atoms with Crippen LogP contribution < -0.4 is 10.2 Å². The molecule has 1 heterocycles. The summed E-state index contributed by atoms with van der Waals surface area (Å²) in [5.41, 5.74) is 3.27. The van der Waals surface area contributed by atoms with Gasteiger partial charge >= 0.3 is 0 Å². The van der Waals surface area contributed by atoms with Gasteiger partial charge in [0.05, 0.1) is 18.1 Å². The highest BCUT2D eigenvalue weighted by Crippen LogP contribution is 2.21. The number of hydrogen-bond acceptors (Lipinski definition) is 3. The maximum absolute atomic E-state index is 12.1. The van der Waals surface area contributed by atoms with Crippen molar-refractivity contribution in [3.05, 3.63) is 65.2 Å². The maximum atomic E-state index is 12.1. The van der Waals surface area contributed by atoms with Gasteiger partial charge in [-0.15, -0.1) is 0 Å². The van der Waals surface area contributed by atoms with E-state index in [-0.39, 0.29) is 18.2 Å². The number of nitrogens with one attached hydrogen (secondary N) is 1. The van der Waals surface area contributed by atoms with E-state index in [2.05, 4.69) is 11.4 Å². The van der Waals surface area contributed by atoms with E-state index in [9.17, 15) is 9.59 Å². The Labute approximate surface area is 146 Å². The molecule has 0 aromatic heterocycles. The molecule has 5 nitrogen and oxygen atoms in total. The summed E-state index contributed by atoms with van der Waals surface area (Å²) in [6, 6.07) is 16.8. The fraction of sp³-hybridized carbons (Fsp3) is 0.250. The molecule has 0 unspecified atom stereocenters. The van der Waals surface area contributed by atoms with Crippen molar-refractivity contribution in [2.75, 3.05) is 11.4 Å². The molecule has 0 saturated carbocycles. The zero-order valence-electron chi connectivity index (χ0n) is 13.9. The molecule has 1 aliphatic heterocycles. The summed E-state index contributed by atoms with van der Waals surface area (Å²) >= 11 is 0. The number of benzene rings is 2. The van der Waals surface area contributed by atoms with Gasteiger partial charge in [0, 0.05) is 25.2 Å². The normalized spacial score (nSPS) is 13.6. The number of carbonyl (C=O) groups excluding carboxylic acids is 2. The Morgan fingerprint density at radius 2 is 1.96 bits per heavy atom. The SMILES string of the molecule is N#Cc1cccc(CNC(=O)Cc2ccc(N3CCCC3=O)cc2)c1. The molecule has 25 heavy (non-hydrogen) atoms. The summed E-state index contributed by atoms with van der Waals surface area (Å²) in [6.07, 6.45) is 1.79. The number of nitrogens with zero attached hydrogens (tertiary/aromatic N) is 2. The van der Waals surface area contributed by atoms with Gasteiger partial charge in [0.2, 0.25) is 11.8 Å². The average molecular weight is 333 g/mol. The van der Waals surface area contributed by atoms with Crippen molar-refractivity contribution in [3.63, 3.8) is 0 Å². The van der Waals surface area contributed by atoms with Gasteiger partial charge in [0.15, 0.2) is 0 Å². The third-order valence-corrected chi connectivity index (χ3v) is 4.23. The highest BCUT2D eigenvalue weighted by Gasteiger charge is 2.21. The Kier molecular flexibility index (Phi) is 5.10. The fourth-order valence-electron chi connectivity index (χ4n) is 2.91. The van der Waals surface area contributed by atoms with Gasteiger partial charge in [-0.05, 0) is 41.8 Å². The second-order valence-corrected chi connectivity index (χ2v) is 6.08. The van der Waals surface area contributed by atoms with Gasteiger partial charge in [-0.3, -0.25) is 9.59 Å². The topological polar surface area (TPSA) is 73.2 Å². The monoisotopic (exact) mass is 333 g/mol. The predicted molar refractivity (Wildman–Crippen MR) is 94.7 cm³/mol. The molecule has 5 heteroatoms. The molecule has 3 rings (SSSR count). The van der Waals surface area contributed by atoms with Crippen LogP contribution in [0.2, 0.25) is 0 Å². The first-order chi connectivity index (χ1) is 12.2. The van der Waals surface area contributed by atoms with Crippen molar-refractivity contribution in [1.82, 2.24) is 5.32 Å². The molecular weight excluding hydrogens is 314 g/mol. The molecule has 0 atom stereocenters. The zero-order chi connectivity index (χ0) is 17.6. The van der Waals surface area contributed by atoms with Gasteiger partial charge in [0.25, 0.3) is 0 Å². The number of carbonyl (C=O) groups is 2. The highest BCUT2D eigenvalue weighted by atomic mass is 16.2. The lowest BCUT2D eigenvalue weighted by Crippen LogP contribution is -2.25. The second kappa shape index (κ2) is 7.63. The Morgan fingerprint density at radius 1 is 1.16 bits per heavy atom. The number of amides is 2. The summed E-state index contributed by atoms with van der Waals surface area (Å²) in [5, 5.41) is 11.8. The average Bonchev–Trinajstić information content (AvgIpc) is 3.07. The molecule has 1 fully saturated rings. The minimum atomic E-state index is -0.0765. The molecular formula is C20H19N3O2. The van der Waals surface area contributed by atoms with Crippen molar-refractivity contribution in [2.24, 2.45) is 0 Å². The van der Waals surface area contributed by atoms with Crippen LogP contribution in [0.5, 0.6) is 0 Å². The van der Waals surface area contributed by atoms with Crippen LogP contribution in [0.25, 0.3) is 0 Å². The van der Waals surface area contributed by atoms with Crippen molar-refractivity contribution in [2.45, 2.75) is 25.8 Å². The molecule has 0 bridgehead atoms. The first-order valence-corrected chi connectivity index (χ1v) is 8.31. The van der Waals surface area contributed by atoms with Crippen LogP contribution in [0.1, 0.15) is 29.5 Å². The lowest BCUT2D eigenvalue weighted by Gasteiger charge is -2.15. The number of nitriles is 1. The van der Waals surface area contributed by atoms with E-state index >= 15 is 0 Å². The Balaban J connectivity index is 1.54. The molecule has 1 saturated heterocycles. The molecule has 0 spiro atoms. The van der Waals surface area contributed by atoms with Crippen LogP contribution in [0.3, 0.4) is 0 Å². The van der Waals surface area contributed by atoms with Crippen molar-refractivity contribution in [1.29, 1.82) is 5.26 Å².